The summed E-state index contributed by atoms with van der Waals surface area (Å²) < 4.78 is 53.2. The van der Waals surface area contributed by atoms with Crippen LogP contribution in [0.5, 0.6) is 5.75 Å². The van der Waals surface area contributed by atoms with Gasteiger partial charge in [-0.25, -0.2) is 4.52 Å². The first kappa shape index (κ1) is 21.1. The topological polar surface area (TPSA) is 65.3 Å². The predicted molar refractivity (Wildman–Crippen MR) is 105 cm³/mol. The molecule has 4 rings (SSSR count). The molecular formula is C21H20F3N3O4. The number of carbonyl (C=O) groups excluding carboxylic acids is 1. The fourth-order valence-corrected chi connectivity index (χ4v) is 3.35. The number of halogens is 3. The third-order valence-corrected chi connectivity index (χ3v) is 4.91. The number of amides is 1. The Morgan fingerprint density at radius 2 is 1.84 bits per heavy atom. The van der Waals surface area contributed by atoms with Crippen molar-refractivity contribution in [2.24, 2.45) is 0 Å². The Hall–Kier alpha value is -3.11. The van der Waals surface area contributed by atoms with Gasteiger partial charge in [-0.3, -0.25) is 4.79 Å². The summed E-state index contributed by atoms with van der Waals surface area (Å²) >= 11 is 0. The monoisotopic (exact) mass is 435 g/mol. The lowest BCUT2D eigenvalue weighted by Gasteiger charge is -2.18. The molecule has 2 aromatic heterocycles. The molecule has 7 nitrogen and oxygen atoms in total. The normalized spacial score (nSPS) is 14.8. The summed E-state index contributed by atoms with van der Waals surface area (Å²) in [7, 11) is 1.71. The summed E-state index contributed by atoms with van der Waals surface area (Å²) in [6.07, 6.45) is -1.22. The molecule has 1 aliphatic rings. The van der Waals surface area contributed by atoms with E-state index in [9.17, 15) is 18.0 Å². The third kappa shape index (κ3) is 4.97. The predicted octanol–water partition coefficient (Wildman–Crippen LogP) is 3.73. The Morgan fingerprint density at radius 1 is 1.16 bits per heavy atom. The van der Waals surface area contributed by atoms with Crippen LogP contribution in [0.4, 0.5) is 13.2 Å². The van der Waals surface area contributed by atoms with E-state index in [0.717, 1.165) is 5.56 Å². The molecule has 0 saturated carbocycles. The lowest BCUT2D eigenvalue weighted by molar-refractivity contribution is -0.274. The second-order valence-electron chi connectivity index (χ2n) is 7.06. The van der Waals surface area contributed by atoms with Crippen molar-refractivity contribution in [3.8, 4) is 16.9 Å². The molecule has 0 aliphatic carbocycles. The summed E-state index contributed by atoms with van der Waals surface area (Å²) in [6, 6.07) is 9.09. The summed E-state index contributed by atoms with van der Waals surface area (Å²) in [5, 5.41) is 4.26. The van der Waals surface area contributed by atoms with Gasteiger partial charge in [0.25, 0.3) is 5.91 Å². The molecule has 1 amide bonds. The molecule has 1 aromatic carbocycles. The molecule has 0 bridgehead atoms. The highest BCUT2D eigenvalue weighted by Gasteiger charge is 2.31. The van der Waals surface area contributed by atoms with Crippen LogP contribution in [-0.4, -0.2) is 59.9 Å². The molecule has 1 fully saturated rings. The second-order valence-corrected chi connectivity index (χ2v) is 7.06. The average molecular weight is 435 g/mol. The number of aromatic nitrogens is 2. The fraction of sp³-hybridized carbons (Fsp3) is 0.333. The van der Waals surface area contributed by atoms with E-state index in [1.54, 1.807) is 34.8 Å². The van der Waals surface area contributed by atoms with Crippen LogP contribution >= 0.6 is 0 Å². The molecule has 0 spiro atoms. The van der Waals surface area contributed by atoms with E-state index < -0.39 is 6.36 Å². The Morgan fingerprint density at radius 3 is 2.52 bits per heavy atom. The van der Waals surface area contributed by atoms with Gasteiger partial charge in [-0.15, -0.1) is 13.2 Å². The lowest BCUT2D eigenvalue weighted by atomic mass is 10.1. The minimum Gasteiger partial charge on any atom is -0.406 e. The number of hydrogen-bond acceptors (Lipinski definition) is 5. The van der Waals surface area contributed by atoms with E-state index in [1.807, 2.05) is 0 Å². The molecule has 1 saturated heterocycles. The van der Waals surface area contributed by atoms with Gasteiger partial charge in [-0.1, -0.05) is 18.2 Å². The third-order valence-electron chi connectivity index (χ3n) is 4.91. The van der Waals surface area contributed by atoms with Crippen molar-refractivity contribution in [3.05, 3.63) is 54.4 Å². The van der Waals surface area contributed by atoms with Gasteiger partial charge < -0.3 is 19.1 Å². The van der Waals surface area contributed by atoms with Crippen molar-refractivity contribution < 1.29 is 32.2 Å². The molecule has 0 unspecified atom stereocenters. The Kier molecular flexibility index (Phi) is 5.84. The molecule has 1 aliphatic heterocycles. The van der Waals surface area contributed by atoms with Gasteiger partial charge in [-0.05, 0) is 23.8 Å². The van der Waals surface area contributed by atoms with Crippen molar-refractivity contribution in [2.75, 3.05) is 26.8 Å². The van der Waals surface area contributed by atoms with Crippen LogP contribution in [0.3, 0.4) is 0 Å². The van der Waals surface area contributed by atoms with Gasteiger partial charge in [0, 0.05) is 31.8 Å². The first-order chi connectivity index (χ1) is 14.8. The number of alkyl halides is 3. The Labute approximate surface area is 175 Å². The first-order valence-electron chi connectivity index (χ1n) is 9.62. The van der Waals surface area contributed by atoms with Gasteiger partial charge in [0.2, 0.25) is 0 Å². The standard InChI is InChI=1S/C21H20F3N3O4/c1-26(9-8-19-29-10-11-30-19)20(28)17-12-25-27-13-15(4-7-18(17)27)14-2-5-16(6-3-14)31-21(22,23)24/h2-7,12-13,19H,8-11H2,1H3. The van der Waals surface area contributed by atoms with Crippen LogP contribution in [0.1, 0.15) is 16.8 Å². The fourth-order valence-electron chi connectivity index (χ4n) is 3.35. The smallest absolute Gasteiger partial charge is 0.406 e. The minimum absolute atomic E-state index is 0.172. The van der Waals surface area contributed by atoms with E-state index in [-0.39, 0.29) is 17.9 Å². The molecule has 3 heterocycles. The van der Waals surface area contributed by atoms with Gasteiger partial charge in [0.1, 0.15) is 5.75 Å². The van der Waals surface area contributed by atoms with E-state index in [4.69, 9.17) is 9.47 Å². The quantitative estimate of drug-likeness (QED) is 0.590. The van der Waals surface area contributed by atoms with Gasteiger partial charge in [0.15, 0.2) is 6.29 Å². The van der Waals surface area contributed by atoms with Crippen LogP contribution in [0, 0.1) is 0 Å². The SMILES string of the molecule is CN(CCC1OCCO1)C(=O)c1cnn2cc(-c3ccc(OC(F)(F)F)cc3)ccc12. The number of carbonyl (C=O) groups is 1. The maximum absolute atomic E-state index is 12.8. The molecular weight excluding hydrogens is 415 g/mol. The summed E-state index contributed by atoms with van der Waals surface area (Å²) in [6.45, 7) is 1.61. The lowest BCUT2D eigenvalue weighted by Crippen LogP contribution is -2.30. The first-order valence-corrected chi connectivity index (χ1v) is 9.62. The second kappa shape index (κ2) is 8.56. The molecule has 0 radical (unpaired) electrons. The van der Waals surface area contributed by atoms with E-state index in [2.05, 4.69) is 9.84 Å². The summed E-state index contributed by atoms with van der Waals surface area (Å²) in [4.78, 5) is 14.4. The highest BCUT2D eigenvalue weighted by atomic mass is 19.4. The van der Waals surface area contributed by atoms with Crippen molar-refractivity contribution in [1.82, 2.24) is 14.5 Å². The Bertz CT molecular complexity index is 1060. The zero-order chi connectivity index (χ0) is 22.0. The molecule has 10 heteroatoms. The van der Waals surface area contributed by atoms with Crippen LogP contribution in [0.25, 0.3) is 16.6 Å². The summed E-state index contributed by atoms with van der Waals surface area (Å²) in [5.41, 5.74) is 2.51. The number of benzene rings is 1. The van der Waals surface area contributed by atoms with Gasteiger partial charge in [-0.2, -0.15) is 5.10 Å². The summed E-state index contributed by atoms with van der Waals surface area (Å²) in [5.74, 6) is -0.463. The number of nitrogens with zero attached hydrogens (tertiary/aromatic N) is 3. The molecule has 164 valence electrons. The minimum atomic E-state index is -4.73. The van der Waals surface area contributed by atoms with Crippen molar-refractivity contribution in [3.63, 3.8) is 0 Å². The van der Waals surface area contributed by atoms with Crippen molar-refractivity contribution in [2.45, 2.75) is 19.1 Å². The maximum Gasteiger partial charge on any atom is 0.573 e. The zero-order valence-corrected chi connectivity index (χ0v) is 16.6. The molecule has 3 aromatic rings. The van der Waals surface area contributed by atoms with Crippen molar-refractivity contribution >= 4 is 11.4 Å². The van der Waals surface area contributed by atoms with Crippen molar-refractivity contribution in [1.29, 1.82) is 0 Å². The maximum atomic E-state index is 12.8. The van der Waals surface area contributed by atoms with Crippen LogP contribution in [0.15, 0.2) is 48.8 Å². The van der Waals surface area contributed by atoms with Gasteiger partial charge >= 0.3 is 6.36 Å². The highest BCUT2D eigenvalue weighted by Crippen LogP contribution is 2.27. The average Bonchev–Trinajstić information content (AvgIpc) is 3.40. The van der Waals surface area contributed by atoms with Crippen LogP contribution in [-0.2, 0) is 9.47 Å². The van der Waals surface area contributed by atoms with E-state index in [0.29, 0.717) is 42.8 Å². The number of rotatable bonds is 6. The molecule has 31 heavy (non-hydrogen) atoms. The highest BCUT2D eigenvalue weighted by molar-refractivity contribution is 6.00. The number of fused-ring (bicyclic) bond motifs is 1. The Balaban J connectivity index is 1.48. The molecule has 0 N–H and O–H groups in total. The number of ether oxygens (including phenoxy) is 3. The number of pyridine rings is 1. The van der Waals surface area contributed by atoms with E-state index >= 15 is 0 Å². The number of hydrogen-bond donors (Lipinski definition) is 0. The van der Waals surface area contributed by atoms with Crippen LogP contribution < -0.4 is 4.74 Å². The van der Waals surface area contributed by atoms with Crippen LogP contribution in [0.2, 0.25) is 0 Å². The van der Waals surface area contributed by atoms with Gasteiger partial charge in [0.05, 0.1) is 30.5 Å². The largest absolute Gasteiger partial charge is 0.573 e. The zero-order valence-electron chi connectivity index (χ0n) is 16.6. The van der Waals surface area contributed by atoms with E-state index in [1.165, 1.54) is 30.5 Å². The molecule has 0 atom stereocenters.